The highest BCUT2D eigenvalue weighted by Gasteiger charge is 2.16. The summed E-state index contributed by atoms with van der Waals surface area (Å²) in [5, 5.41) is 0. The van der Waals surface area contributed by atoms with E-state index in [1.54, 1.807) is 20.8 Å². The molecule has 0 unspecified atom stereocenters. The van der Waals surface area contributed by atoms with Gasteiger partial charge in [0.05, 0.1) is 0 Å². The van der Waals surface area contributed by atoms with Gasteiger partial charge in [-0.2, -0.15) is 0 Å². The van der Waals surface area contributed by atoms with Crippen LogP contribution in [0.25, 0.3) is 0 Å². The maximum atomic E-state index is 10.9. The van der Waals surface area contributed by atoms with Gasteiger partial charge in [0.25, 0.3) is 0 Å². The van der Waals surface area contributed by atoms with Gasteiger partial charge in [0.15, 0.2) is 6.61 Å². The monoisotopic (exact) mass is 186 g/mol. The van der Waals surface area contributed by atoms with Crippen LogP contribution in [0, 0.1) is 0 Å². The lowest BCUT2D eigenvalue weighted by Gasteiger charge is -2.18. The summed E-state index contributed by atoms with van der Waals surface area (Å²) >= 11 is 0. The van der Waals surface area contributed by atoms with E-state index < -0.39 is 17.5 Å². The van der Waals surface area contributed by atoms with Crippen LogP contribution in [-0.2, 0) is 19.1 Å². The van der Waals surface area contributed by atoms with Crippen LogP contribution in [0.4, 0.5) is 0 Å². The Balaban J connectivity index is 3.77. The number of hydrogen-bond donors (Lipinski definition) is 0. The Kier molecular flexibility index (Phi) is 4.17. The Labute approximate surface area is 77.5 Å². The predicted octanol–water partition coefficient (Wildman–Crippen LogP) is 1.06. The number of hydrogen-bond acceptors (Lipinski definition) is 4. The van der Waals surface area contributed by atoms with Crippen LogP contribution in [0.3, 0.4) is 0 Å². The highest BCUT2D eigenvalue weighted by atomic mass is 16.6. The molecular weight excluding hydrogens is 172 g/mol. The van der Waals surface area contributed by atoms with Crippen LogP contribution >= 0.6 is 0 Å². The minimum Gasteiger partial charge on any atom is -0.457 e. The third kappa shape index (κ3) is 7.05. The first-order chi connectivity index (χ1) is 5.85. The molecule has 0 N–H and O–H groups in total. The second-order valence-electron chi connectivity index (χ2n) is 3.40. The first-order valence-electron chi connectivity index (χ1n) is 3.86. The molecule has 4 heteroatoms. The molecular formula is C9H14O4. The first-order valence-corrected chi connectivity index (χ1v) is 3.86. The average Bonchev–Trinajstić information content (AvgIpc) is 1.97. The Morgan fingerprint density at radius 1 is 1.38 bits per heavy atom. The minimum absolute atomic E-state index is 0.373. The van der Waals surface area contributed by atoms with Gasteiger partial charge in [0.1, 0.15) is 5.60 Å². The molecule has 0 spiro atoms. The van der Waals surface area contributed by atoms with Crippen molar-refractivity contribution < 1.29 is 19.1 Å². The third-order valence-electron chi connectivity index (χ3n) is 0.919. The molecule has 0 aliphatic carbocycles. The van der Waals surface area contributed by atoms with Crippen molar-refractivity contribution in [1.29, 1.82) is 0 Å². The van der Waals surface area contributed by atoms with Gasteiger partial charge in [0, 0.05) is 6.08 Å². The van der Waals surface area contributed by atoms with Gasteiger partial charge in [-0.3, -0.25) is 0 Å². The zero-order valence-corrected chi connectivity index (χ0v) is 8.12. The molecule has 0 aliphatic heterocycles. The number of carbonyl (C=O) groups is 2. The number of rotatable bonds is 3. The summed E-state index contributed by atoms with van der Waals surface area (Å²) in [6.07, 6.45) is 0.990. The van der Waals surface area contributed by atoms with Crippen molar-refractivity contribution in [3.05, 3.63) is 12.7 Å². The topological polar surface area (TPSA) is 52.6 Å². The van der Waals surface area contributed by atoms with E-state index in [-0.39, 0.29) is 6.61 Å². The molecule has 13 heavy (non-hydrogen) atoms. The van der Waals surface area contributed by atoms with E-state index in [0.29, 0.717) is 0 Å². The quantitative estimate of drug-likeness (QED) is 0.488. The van der Waals surface area contributed by atoms with Crippen molar-refractivity contribution in [2.45, 2.75) is 26.4 Å². The maximum Gasteiger partial charge on any atom is 0.344 e. The van der Waals surface area contributed by atoms with Crippen LogP contribution in [0.15, 0.2) is 12.7 Å². The number of esters is 2. The van der Waals surface area contributed by atoms with Crippen molar-refractivity contribution in [2.24, 2.45) is 0 Å². The Hall–Kier alpha value is -1.32. The third-order valence-corrected chi connectivity index (χ3v) is 0.919. The summed E-state index contributed by atoms with van der Waals surface area (Å²) in [7, 11) is 0. The van der Waals surface area contributed by atoms with Crippen molar-refractivity contribution in [3.8, 4) is 0 Å². The lowest BCUT2D eigenvalue weighted by molar-refractivity contribution is -0.164. The summed E-state index contributed by atoms with van der Waals surface area (Å²) in [5.41, 5.74) is -0.558. The average molecular weight is 186 g/mol. The molecule has 0 aromatic carbocycles. The summed E-state index contributed by atoms with van der Waals surface area (Å²) < 4.78 is 9.35. The molecule has 0 atom stereocenters. The summed E-state index contributed by atoms with van der Waals surface area (Å²) in [5.74, 6) is -1.20. The van der Waals surface area contributed by atoms with Gasteiger partial charge in [-0.25, -0.2) is 9.59 Å². The van der Waals surface area contributed by atoms with Crippen LogP contribution in [0.5, 0.6) is 0 Å². The van der Waals surface area contributed by atoms with E-state index in [1.807, 2.05) is 0 Å². The van der Waals surface area contributed by atoms with E-state index in [1.165, 1.54) is 0 Å². The molecule has 0 radical (unpaired) electrons. The SMILES string of the molecule is C=CC(=O)OCC(=O)OC(C)(C)C. The lowest BCUT2D eigenvalue weighted by Crippen LogP contribution is -2.27. The number of carbonyl (C=O) groups excluding carboxylic acids is 2. The van der Waals surface area contributed by atoms with Gasteiger partial charge in [-0.05, 0) is 20.8 Å². The zero-order chi connectivity index (χ0) is 10.5. The largest absolute Gasteiger partial charge is 0.457 e. The van der Waals surface area contributed by atoms with Gasteiger partial charge >= 0.3 is 11.9 Å². The van der Waals surface area contributed by atoms with Crippen LogP contribution in [0.2, 0.25) is 0 Å². The molecule has 0 saturated heterocycles. The van der Waals surface area contributed by atoms with E-state index in [9.17, 15) is 9.59 Å². The van der Waals surface area contributed by atoms with E-state index in [2.05, 4.69) is 11.3 Å². The number of ether oxygens (including phenoxy) is 2. The van der Waals surface area contributed by atoms with Crippen LogP contribution < -0.4 is 0 Å². The fourth-order valence-corrected chi connectivity index (χ4v) is 0.560. The van der Waals surface area contributed by atoms with Crippen molar-refractivity contribution in [3.63, 3.8) is 0 Å². The molecule has 0 saturated carbocycles. The second kappa shape index (κ2) is 4.64. The predicted molar refractivity (Wildman–Crippen MR) is 47.0 cm³/mol. The molecule has 0 aromatic rings. The van der Waals surface area contributed by atoms with E-state index >= 15 is 0 Å². The fourth-order valence-electron chi connectivity index (χ4n) is 0.560. The summed E-state index contributed by atoms with van der Waals surface area (Å²) in [6, 6.07) is 0. The second-order valence-corrected chi connectivity index (χ2v) is 3.40. The Bertz CT molecular complexity index is 212. The van der Waals surface area contributed by atoms with Crippen LogP contribution in [-0.4, -0.2) is 24.1 Å². The molecule has 0 rings (SSSR count). The Morgan fingerprint density at radius 2 is 1.92 bits per heavy atom. The molecule has 0 fully saturated rings. The van der Waals surface area contributed by atoms with Gasteiger partial charge in [0.2, 0.25) is 0 Å². The molecule has 0 aliphatic rings. The van der Waals surface area contributed by atoms with Gasteiger partial charge in [-0.1, -0.05) is 6.58 Å². The first kappa shape index (κ1) is 11.7. The van der Waals surface area contributed by atoms with Crippen LogP contribution in [0.1, 0.15) is 20.8 Å². The fraction of sp³-hybridized carbons (Fsp3) is 0.556. The molecule has 4 nitrogen and oxygen atoms in total. The highest BCUT2D eigenvalue weighted by Crippen LogP contribution is 2.06. The Morgan fingerprint density at radius 3 is 2.31 bits per heavy atom. The summed E-state index contributed by atoms with van der Waals surface area (Å²) in [6.45, 7) is 8.02. The summed E-state index contributed by atoms with van der Waals surface area (Å²) in [4.78, 5) is 21.5. The van der Waals surface area contributed by atoms with Crippen molar-refractivity contribution >= 4 is 11.9 Å². The molecule has 74 valence electrons. The van der Waals surface area contributed by atoms with Crippen molar-refractivity contribution in [2.75, 3.05) is 6.61 Å². The molecule has 0 bridgehead atoms. The molecule has 0 amide bonds. The van der Waals surface area contributed by atoms with Gasteiger partial charge in [-0.15, -0.1) is 0 Å². The van der Waals surface area contributed by atoms with E-state index in [4.69, 9.17) is 4.74 Å². The maximum absolute atomic E-state index is 10.9. The standard InChI is InChI=1S/C9H14O4/c1-5-7(10)12-6-8(11)13-9(2,3)4/h5H,1,6H2,2-4H3. The highest BCUT2D eigenvalue weighted by molar-refractivity contribution is 5.83. The normalized spacial score (nSPS) is 10.4. The van der Waals surface area contributed by atoms with Gasteiger partial charge < -0.3 is 9.47 Å². The van der Waals surface area contributed by atoms with E-state index in [0.717, 1.165) is 6.08 Å². The molecule has 0 heterocycles. The molecule has 0 aromatic heterocycles. The minimum atomic E-state index is -0.633. The lowest BCUT2D eigenvalue weighted by atomic mass is 10.2. The zero-order valence-electron chi connectivity index (χ0n) is 8.12. The van der Waals surface area contributed by atoms with Crippen molar-refractivity contribution in [1.82, 2.24) is 0 Å². The smallest absolute Gasteiger partial charge is 0.344 e.